The van der Waals surface area contributed by atoms with Crippen LogP contribution in [0.15, 0.2) is 5.16 Å². The predicted octanol–water partition coefficient (Wildman–Crippen LogP) is -0.410. The molecule has 2 heterocycles. The summed E-state index contributed by atoms with van der Waals surface area (Å²) in [6.45, 7) is 2.00. The molecule has 0 amide bonds. The van der Waals surface area contributed by atoms with Crippen molar-refractivity contribution in [1.29, 1.82) is 0 Å². The summed E-state index contributed by atoms with van der Waals surface area (Å²) in [7, 11) is 0. The highest BCUT2D eigenvalue weighted by molar-refractivity contribution is 5.63. The van der Waals surface area contributed by atoms with Gasteiger partial charge in [0, 0.05) is 13.1 Å². The second kappa shape index (κ2) is 1.45. The first kappa shape index (κ1) is 4.32. The molecule has 0 spiro atoms. The summed E-state index contributed by atoms with van der Waals surface area (Å²) in [6.07, 6.45) is 2.22. The van der Waals surface area contributed by atoms with Gasteiger partial charge in [-0.05, 0) is 0 Å². The van der Waals surface area contributed by atoms with Gasteiger partial charge in [0.05, 0.1) is 12.1 Å². The molecule has 0 aliphatic carbocycles. The lowest BCUT2D eigenvalue weighted by molar-refractivity contribution is 0.0842. The van der Waals surface area contributed by atoms with Gasteiger partial charge in [-0.25, -0.2) is 0 Å². The topological polar surface area (TPSA) is 33.6 Å². The van der Waals surface area contributed by atoms with Crippen LogP contribution in [0, 0.1) is 5.92 Å². The highest BCUT2D eigenvalue weighted by Gasteiger charge is 2.30. The van der Waals surface area contributed by atoms with Crippen molar-refractivity contribution < 1.29 is 4.84 Å². The van der Waals surface area contributed by atoms with Crippen LogP contribution in [0.2, 0.25) is 0 Å². The molecule has 8 heavy (non-hydrogen) atoms. The average Bonchev–Trinajstić information content (AvgIpc) is 2.15. The Hall–Kier alpha value is -0.570. The van der Waals surface area contributed by atoms with Crippen molar-refractivity contribution in [2.75, 3.05) is 13.1 Å². The molecule has 0 radical (unpaired) electrons. The zero-order chi connectivity index (χ0) is 5.40. The van der Waals surface area contributed by atoms with Crippen LogP contribution in [0.4, 0.5) is 0 Å². The Balaban J connectivity index is 2.13. The van der Waals surface area contributed by atoms with E-state index in [1.165, 1.54) is 0 Å². The van der Waals surface area contributed by atoms with E-state index in [0.717, 1.165) is 13.1 Å². The predicted molar refractivity (Wildman–Crippen MR) is 29.7 cm³/mol. The van der Waals surface area contributed by atoms with Crippen LogP contribution < -0.4 is 5.32 Å². The van der Waals surface area contributed by atoms with Crippen LogP contribution in [0.5, 0.6) is 0 Å². The van der Waals surface area contributed by atoms with Gasteiger partial charge in [-0.1, -0.05) is 5.16 Å². The Morgan fingerprint density at radius 2 is 2.62 bits per heavy atom. The molecule has 0 aromatic rings. The number of oxime groups is 1. The molecule has 0 saturated carbocycles. The second-order valence-electron chi connectivity index (χ2n) is 2.22. The first-order valence-electron chi connectivity index (χ1n) is 2.87. The smallest absolute Gasteiger partial charge is 0.148 e. The molecule has 2 unspecified atom stereocenters. The van der Waals surface area contributed by atoms with Gasteiger partial charge in [-0.2, -0.15) is 0 Å². The van der Waals surface area contributed by atoms with Crippen molar-refractivity contribution in [1.82, 2.24) is 5.32 Å². The maximum Gasteiger partial charge on any atom is 0.148 e. The molecule has 3 heteroatoms. The number of hydrogen-bond donors (Lipinski definition) is 1. The molecular formula is C5H8N2O. The van der Waals surface area contributed by atoms with E-state index in [2.05, 4.69) is 10.5 Å². The molecule has 2 atom stereocenters. The zero-order valence-electron chi connectivity index (χ0n) is 4.50. The van der Waals surface area contributed by atoms with Crippen molar-refractivity contribution >= 4 is 6.21 Å². The first-order chi connectivity index (χ1) is 3.97. The van der Waals surface area contributed by atoms with Crippen LogP contribution in [-0.2, 0) is 4.84 Å². The minimum atomic E-state index is 0.343. The largest absolute Gasteiger partial charge is 0.391 e. The monoisotopic (exact) mass is 112 g/mol. The molecule has 1 fully saturated rings. The van der Waals surface area contributed by atoms with Crippen LogP contribution in [0.3, 0.4) is 0 Å². The Labute approximate surface area is 47.7 Å². The Morgan fingerprint density at radius 1 is 1.62 bits per heavy atom. The van der Waals surface area contributed by atoms with Crippen molar-refractivity contribution in [3.05, 3.63) is 0 Å². The molecule has 1 N–H and O–H groups in total. The van der Waals surface area contributed by atoms with E-state index in [-0.39, 0.29) is 0 Å². The van der Waals surface area contributed by atoms with Crippen molar-refractivity contribution in [3.63, 3.8) is 0 Å². The lowest BCUT2D eigenvalue weighted by atomic mass is 10.1. The van der Waals surface area contributed by atoms with Gasteiger partial charge < -0.3 is 10.2 Å². The third-order valence-corrected chi connectivity index (χ3v) is 1.65. The molecule has 2 aliphatic rings. The summed E-state index contributed by atoms with van der Waals surface area (Å²) in [5.74, 6) is 0.551. The number of rotatable bonds is 0. The average molecular weight is 112 g/mol. The summed E-state index contributed by atoms with van der Waals surface area (Å²) < 4.78 is 0. The van der Waals surface area contributed by atoms with E-state index < -0.39 is 0 Å². The van der Waals surface area contributed by atoms with E-state index in [1.807, 2.05) is 6.21 Å². The van der Waals surface area contributed by atoms with E-state index in [0.29, 0.717) is 12.0 Å². The van der Waals surface area contributed by atoms with Crippen LogP contribution in [0.1, 0.15) is 0 Å². The van der Waals surface area contributed by atoms with Gasteiger partial charge in [0.1, 0.15) is 6.10 Å². The maximum absolute atomic E-state index is 4.98. The summed E-state index contributed by atoms with van der Waals surface area (Å²) in [6, 6.07) is 0. The zero-order valence-corrected chi connectivity index (χ0v) is 4.50. The van der Waals surface area contributed by atoms with E-state index >= 15 is 0 Å². The van der Waals surface area contributed by atoms with Crippen molar-refractivity contribution in [3.8, 4) is 0 Å². The molecule has 2 rings (SSSR count). The van der Waals surface area contributed by atoms with Gasteiger partial charge in [0.15, 0.2) is 0 Å². The minimum Gasteiger partial charge on any atom is -0.391 e. The lowest BCUT2D eigenvalue weighted by Gasteiger charge is -2.00. The number of nitrogens with one attached hydrogen (secondary N) is 1. The summed E-state index contributed by atoms with van der Waals surface area (Å²) >= 11 is 0. The van der Waals surface area contributed by atoms with E-state index in [4.69, 9.17) is 4.84 Å². The van der Waals surface area contributed by atoms with E-state index in [1.54, 1.807) is 0 Å². The van der Waals surface area contributed by atoms with Crippen LogP contribution >= 0.6 is 0 Å². The van der Waals surface area contributed by atoms with Crippen molar-refractivity contribution in [2.45, 2.75) is 6.10 Å². The molecule has 0 bridgehead atoms. The van der Waals surface area contributed by atoms with Gasteiger partial charge in [-0.3, -0.25) is 0 Å². The highest BCUT2D eigenvalue weighted by atomic mass is 16.6. The molecule has 1 saturated heterocycles. The van der Waals surface area contributed by atoms with Gasteiger partial charge in [-0.15, -0.1) is 0 Å². The molecule has 0 aromatic carbocycles. The number of nitrogens with zero attached hydrogens (tertiary/aromatic N) is 1. The molecule has 44 valence electrons. The third kappa shape index (κ3) is 0.448. The molecule has 3 nitrogen and oxygen atoms in total. The Morgan fingerprint density at radius 3 is 3.50 bits per heavy atom. The van der Waals surface area contributed by atoms with Crippen molar-refractivity contribution in [2.24, 2.45) is 11.1 Å². The minimum absolute atomic E-state index is 0.343. The van der Waals surface area contributed by atoms with Gasteiger partial charge in [0.25, 0.3) is 0 Å². The molecular weight excluding hydrogens is 104 g/mol. The Bertz CT molecular complexity index is 124. The maximum atomic E-state index is 4.98. The normalized spacial score (nSPS) is 42.0. The highest BCUT2D eigenvalue weighted by Crippen LogP contribution is 2.15. The SMILES string of the molecule is C1=NOC2CNCC12. The van der Waals surface area contributed by atoms with Crippen LogP contribution in [0.25, 0.3) is 0 Å². The fourth-order valence-electron chi connectivity index (χ4n) is 1.13. The quantitative estimate of drug-likeness (QED) is 0.462. The summed E-state index contributed by atoms with van der Waals surface area (Å²) in [5.41, 5.74) is 0. The third-order valence-electron chi connectivity index (χ3n) is 1.65. The van der Waals surface area contributed by atoms with Gasteiger partial charge >= 0.3 is 0 Å². The second-order valence-corrected chi connectivity index (χ2v) is 2.22. The fourth-order valence-corrected chi connectivity index (χ4v) is 1.13. The lowest BCUT2D eigenvalue weighted by Crippen LogP contribution is -2.15. The number of fused-ring (bicyclic) bond motifs is 1. The van der Waals surface area contributed by atoms with Crippen LogP contribution in [-0.4, -0.2) is 25.4 Å². The van der Waals surface area contributed by atoms with E-state index in [9.17, 15) is 0 Å². The molecule has 2 aliphatic heterocycles. The molecule has 0 aromatic heterocycles. The Kier molecular flexibility index (Phi) is 0.784. The standard InChI is InChI=1S/C5H8N2O/c1-4-2-7-8-5(4)3-6-1/h2,4-6H,1,3H2. The summed E-state index contributed by atoms with van der Waals surface area (Å²) in [5, 5.41) is 6.91. The summed E-state index contributed by atoms with van der Waals surface area (Å²) in [4.78, 5) is 4.98. The fraction of sp³-hybridized carbons (Fsp3) is 0.800. The first-order valence-corrected chi connectivity index (χ1v) is 2.87. The number of hydrogen-bond acceptors (Lipinski definition) is 3. The van der Waals surface area contributed by atoms with Gasteiger partial charge in [0.2, 0.25) is 0 Å².